The van der Waals surface area contributed by atoms with E-state index in [0.717, 1.165) is 5.56 Å². The number of hydrogen-bond acceptors (Lipinski definition) is 4. The maximum Gasteiger partial charge on any atom is 0.169 e. The van der Waals surface area contributed by atoms with Crippen LogP contribution in [0.1, 0.15) is 11.4 Å². The van der Waals surface area contributed by atoms with Crippen LogP contribution < -0.4 is 5.73 Å². The van der Waals surface area contributed by atoms with Crippen molar-refractivity contribution >= 4 is 23.2 Å². The monoisotopic (exact) mass is 251 g/mol. The Kier molecular flexibility index (Phi) is 2.72. The molecule has 1 aromatic carbocycles. The quantitative estimate of drug-likeness (QED) is 0.774. The molecule has 3 rings (SSSR count). The fraction of sp³-hybridized carbons (Fsp3) is 0.0714. The number of imidazole rings is 1. The zero-order chi connectivity index (χ0) is 13.2. The number of rotatable bonds is 3. The Bertz CT molecular complexity index is 730. The Balaban J connectivity index is 2.07. The summed E-state index contributed by atoms with van der Waals surface area (Å²) in [5.41, 5.74) is 8.36. The molecule has 0 aliphatic rings. The molecule has 0 saturated carbocycles. The van der Waals surface area contributed by atoms with E-state index in [4.69, 9.17) is 5.73 Å². The Morgan fingerprint density at radius 1 is 1.21 bits per heavy atom. The predicted octanol–water partition coefficient (Wildman–Crippen LogP) is 2.10. The lowest BCUT2D eigenvalue weighted by Crippen LogP contribution is -2.03. The third-order valence-corrected chi connectivity index (χ3v) is 2.90. The normalized spacial score (nSPS) is 10.7. The SMILES string of the molecule is C=Cn1cnc2c(N)nc(Cc3ccccc3)nc21. The van der Waals surface area contributed by atoms with Crippen molar-refractivity contribution in [3.05, 3.63) is 54.6 Å². The number of anilines is 1. The summed E-state index contributed by atoms with van der Waals surface area (Å²) in [4.78, 5) is 13.0. The summed E-state index contributed by atoms with van der Waals surface area (Å²) in [6, 6.07) is 10.0. The number of aromatic nitrogens is 4. The Morgan fingerprint density at radius 2 is 2.00 bits per heavy atom. The van der Waals surface area contributed by atoms with Crippen molar-refractivity contribution in [1.29, 1.82) is 0 Å². The highest BCUT2D eigenvalue weighted by molar-refractivity contribution is 5.82. The number of hydrogen-bond donors (Lipinski definition) is 1. The number of nitrogens with zero attached hydrogens (tertiary/aromatic N) is 4. The summed E-state index contributed by atoms with van der Waals surface area (Å²) in [5.74, 6) is 1.08. The molecule has 0 atom stereocenters. The van der Waals surface area contributed by atoms with E-state index in [-0.39, 0.29) is 0 Å². The lowest BCUT2D eigenvalue weighted by Gasteiger charge is -2.03. The highest BCUT2D eigenvalue weighted by Gasteiger charge is 2.10. The van der Waals surface area contributed by atoms with Crippen LogP contribution in [-0.4, -0.2) is 19.5 Å². The highest BCUT2D eigenvalue weighted by atomic mass is 15.1. The van der Waals surface area contributed by atoms with Crippen molar-refractivity contribution < 1.29 is 0 Å². The van der Waals surface area contributed by atoms with Crippen LogP contribution in [0.25, 0.3) is 17.4 Å². The third-order valence-electron chi connectivity index (χ3n) is 2.90. The first-order valence-electron chi connectivity index (χ1n) is 5.93. The van der Waals surface area contributed by atoms with Crippen molar-refractivity contribution in [1.82, 2.24) is 19.5 Å². The van der Waals surface area contributed by atoms with Gasteiger partial charge < -0.3 is 5.73 Å². The van der Waals surface area contributed by atoms with Gasteiger partial charge in [0, 0.05) is 12.6 Å². The number of fused-ring (bicyclic) bond motifs is 1. The van der Waals surface area contributed by atoms with Gasteiger partial charge in [-0.1, -0.05) is 36.9 Å². The molecule has 0 unspecified atom stereocenters. The van der Waals surface area contributed by atoms with Gasteiger partial charge in [0.15, 0.2) is 17.0 Å². The van der Waals surface area contributed by atoms with Gasteiger partial charge in [0.2, 0.25) is 0 Å². The lowest BCUT2D eigenvalue weighted by molar-refractivity contribution is 0.982. The molecular formula is C14H13N5. The summed E-state index contributed by atoms with van der Waals surface area (Å²) in [7, 11) is 0. The van der Waals surface area contributed by atoms with Crippen LogP contribution in [0.15, 0.2) is 43.2 Å². The molecule has 0 aliphatic heterocycles. The summed E-state index contributed by atoms with van der Waals surface area (Å²) < 4.78 is 1.74. The number of benzene rings is 1. The van der Waals surface area contributed by atoms with Crippen LogP contribution in [0, 0.1) is 0 Å². The van der Waals surface area contributed by atoms with E-state index in [1.165, 1.54) is 0 Å². The van der Waals surface area contributed by atoms with Gasteiger partial charge in [-0.25, -0.2) is 15.0 Å². The zero-order valence-electron chi connectivity index (χ0n) is 10.3. The molecule has 0 saturated heterocycles. The van der Waals surface area contributed by atoms with Crippen LogP contribution in [0.2, 0.25) is 0 Å². The topological polar surface area (TPSA) is 69.6 Å². The van der Waals surface area contributed by atoms with Gasteiger partial charge in [-0.2, -0.15) is 0 Å². The van der Waals surface area contributed by atoms with E-state index in [1.54, 1.807) is 17.1 Å². The first kappa shape index (κ1) is 11.4. The Morgan fingerprint density at radius 3 is 2.74 bits per heavy atom. The molecule has 0 fully saturated rings. The smallest absolute Gasteiger partial charge is 0.169 e. The van der Waals surface area contributed by atoms with Crippen molar-refractivity contribution in [2.45, 2.75) is 6.42 Å². The van der Waals surface area contributed by atoms with Crippen LogP contribution in [0.5, 0.6) is 0 Å². The van der Waals surface area contributed by atoms with Crippen LogP contribution in [-0.2, 0) is 6.42 Å². The fourth-order valence-electron chi connectivity index (χ4n) is 1.98. The molecule has 3 aromatic rings. The summed E-state index contributed by atoms with van der Waals surface area (Å²) in [6.07, 6.45) is 3.92. The minimum Gasteiger partial charge on any atom is -0.382 e. The molecule has 0 aliphatic carbocycles. The van der Waals surface area contributed by atoms with E-state index in [9.17, 15) is 0 Å². The fourth-order valence-corrected chi connectivity index (χ4v) is 1.98. The van der Waals surface area contributed by atoms with Gasteiger partial charge in [0.1, 0.15) is 12.2 Å². The largest absolute Gasteiger partial charge is 0.382 e. The second kappa shape index (κ2) is 4.53. The van der Waals surface area contributed by atoms with Crippen molar-refractivity contribution in [3.8, 4) is 0 Å². The van der Waals surface area contributed by atoms with Crippen molar-refractivity contribution in [2.24, 2.45) is 0 Å². The molecule has 19 heavy (non-hydrogen) atoms. The summed E-state index contributed by atoms with van der Waals surface area (Å²) in [6.45, 7) is 3.72. The maximum absolute atomic E-state index is 5.92. The molecule has 2 aromatic heterocycles. The number of nitrogen functional groups attached to an aromatic ring is 1. The first-order valence-corrected chi connectivity index (χ1v) is 5.93. The molecule has 5 nitrogen and oxygen atoms in total. The second-order valence-electron chi connectivity index (χ2n) is 4.19. The molecule has 2 N–H and O–H groups in total. The molecular weight excluding hydrogens is 238 g/mol. The van der Waals surface area contributed by atoms with Gasteiger partial charge in [0.25, 0.3) is 0 Å². The highest BCUT2D eigenvalue weighted by Crippen LogP contribution is 2.17. The molecule has 0 radical (unpaired) electrons. The van der Waals surface area contributed by atoms with E-state index >= 15 is 0 Å². The van der Waals surface area contributed by atoms with Crippen LogP contribution in [0.3, 0.4) is 0 Å². The van der Waals surface area contributed by atoms with Gasteiger partial charge in [-0.15, -0.1) is 0 Å². The summed E-state index contributed by atoms with van der Waals surface area (Å²) >= 11 is 0. The second-order valence-corrected chi connectivity index (χ2v) is 4.19. The summed E-state index contributed by atoms with van der Waals surface area (Å²) in [5, 5.41) is 0. The van der Waals surface area contributed by atoms with Gasteiger partial charge >= 0.3 is 0 Å². The van der Waals surface area contributed by atoms with Crippen molar-refractivity contribution in [3.63, 3.8) is 0 Å². The molecule has 0 spiro atoms. The minimum absolute atomic E-state index is 0.400. The Labute approximate surface area is 110 Å². The third kappa shape index (κ3) is 2.06. The maximum atomic E-state index is 5.92. The van der Waals surface area contributed by atoms with Crippen LogP contribution in [0.4, 0.5) is 5.82 Å². The van der Waals surface area contributed by atoms with Gasteiger partial charge in [0.05, 0.1) is 0 Å². The first-order chi connectivity index (χ1) is 9.28. The average Bonchev–Trinajstić information content (AvgIpc) is 2.83. The number of nitrogens with two attached hydrogens (primary N) is 1. The minimum atomic E-state index is 0.400. The molecule has 0 bridgehead atoms. The standard InChI is InChI=1S/C14H13N5/c1-2-19-9-16-12-13(15)17-11(18-14(12)19)8-10-6-4-3-5-7-10/h2-7,9H,1,8H2,(H2,15,17,18). The van der Waals surface area contributed by atoms with E-state index in [1.807, 2.05) is 30.3 Å². The molecule has 2 heterocycles. The Hall–Kier alpha value is -2.69. The van der Waals surface area contributed by atoms with Crippen LogP contribution >= 0.6 is 0 Å². The average molecular weight is 251 g/mol. The van der Waals surface area contributed by atoms with Gasteiger partial charge in [-0.05, 0) is 5.56 Å². The molecule has 94 valence electrons. The van der Waals surface area contributed by atoms with E-state index in [0.29, 0.717) is 29.2 Å². The molecule has 5 heteroatoms. The molecule has 0 amide bonds. The van der Waals surface area contributed by atoms with E-state index < -0.39 is 0 Å². The zero-order valence-corrected chi connectivity index (χ0v) is 10.3. The van der Waals surface area contributed by atoms with Crippen molar-refractivity contribution in [2.75, 3.05) is 5.73 Å². The van der Waals surface area contributed by atoms with Gasteiger partial charge in [-0.3, -0.25) is 4.57 Å². The lowest BCUT2D eigenvalue weighted by atomic mass is 10.1. The van der Waals surface area contributed by atoms with E-state index in [2.05, 4.69) is 21.5 Å². The predicted molar refractivity (Wildman–Crippen MR) is 75.4 cm³/mol.